The van der Waals surface area contributed by atoms with Crippen molar-refractivity contribution < 1.29 is 33.0 Å². The van der Waals surface area contributed by atoms with Crippen molar-refractivity contribution in [3.8, 4) is 11.5 Å². The zero-order chi connectivity index (χ0) is 35.1. The molecule has 0 N–H and O–H groups in total. The van der Waals surface area contributed by atoms with E-state index in [2.05, 4.69) is 65.1 Å². The summed E-state index contributed by atoms with van der Waals surface area (Å²) in [6.07, 6.45) is -0.167. The van der Waals surface area contributed by atoms with E-state index in [1.54, 1.807) is 21.1 Å². The van der Waals surface area contributed by atoms with Gasteiger partial charge in [-0.05, 0) is 84.8 Å². The third kappa shape index (κ3) is 9.20. The molecule has 1 heterocycles. The minimum Gasteiger partial charge on any atom is -0.497 e. The average Bonchev–Trinajstić information content (AvgIpc) is 3.05. The number of benzene rings is 3. The van der Waals surface area contributed by atoms with Crippen LogP contribution in [-0.2, 0) is 38.1 Å². The molecule has 1 fully saturated rings. The molecular weight excluding hydrogens is 623 g/mol. The van der Waals surface area contributed by atoms with Gasteiger partial charge in [-0.2, -0.15) is 0 Å². The number of hydrogen-bond acceptors (Lipinski definition) is 7. The fourth-order valence-corrected chi connectivity index (χ4v) is 7.17. The predicted molar refractivity (Wildman–Crippen MR) is 191 cm³/mol. The van der Waals surface area contributed by atoms with E-state index in [0.717, 1.165) is 28.2 Å². The minimum absolute atomic E-state index is 0.0116. The van der Waals surface area contributed by atoms with Crippen LogP contribution in [0.5, 0.6) is 11.5 Å². The fraction of sp³-hybridized carbons (Fsp3) is 0.487. The summed E-state index contributed by atoms with van der Waals surface area (Å²) in [6, 6.07) is 25.1. The van der Waals surface area contributed by atoms with Gasteiger partial charge >= 0.3 is 6.16 Å². The summed E-state index contributed by atoms with van der Waals surface area (Å²) >= 11 is 0. The number of nitrogens with zero attached hydrogens (tertiary/aromatic N) is 1. The minimum atomic E-state index is -2.06. The molecule has 1 amide bonds. The summed E-state index contributed by atoms with van der Waals surface area (Å²) in [5, 5.41) is 0.0470. The van der Waals surface area contributed by atoms with Gasteiger partial charge in [0.15, 0.2) is 8.32 Å². The molecule has 4 atom stereocenters. The first-order valence-corrected chi connectivity index (χ1v) is 19.7. The lowest BCUT2D eigenvalue weighted by Gasteiger charge is -2.55. The van der Waals surface area contributed by atoms with Gasteiger partial charge in [0, 0.05) is 12.6 Å². The van der Waals surface area contributed by atoms with Gasteiger partial charge in [-0.3, -0.25) is 4.79 Å². The highest BCUT2D eigenvalue weighted by atomic mass is 28.4. The van der Waals surface area contributed by atoms with Crippen molar-refractivity contribution in [1.29, 1.82) is 0 Å². The molecule has 48 heavy (non-hydrogen) atoms. The molecule has 1 unspecified atom stereocenters. The molecule has 3 aromatic rings. The standard InChI is InChI=1S/C39H53NO7Si/c1-27(25-46-48(8,9)39(3,4)5)36-35(28(2)47-38(42)45-26-31-13-11-10-12-14-31)37(41)40(36)32(23-29-15-19-33(43-6)20-16-29)24-30-17-21-34(44-7)22-18-30/h10-22,27-28,32,35-36H,23-26H2,1-9H3/t27?,28-,35-,36+/m1/s1. The number of methoxy groups -OCH3 is 2. The Kier molecular flexibility index (Phi) is 12.4. The van der Waals surface area contributed by atoms with Gasteiger partial charge in [0.1, 0.15) is 24.2 Å². The van der Waals surface area contributed by atoms with Gasteiger partial charge in [0.05, 0.1) is 26.2 Å². The first-order chi connectivity index (χ1) is 22.7. The molecule has 0 saturated carbocycles. The van der Waals surface area contributed by atoms with Crippen molar-refractivity contribution in [3.63, 3.8) is 0 Å². The zero-order valence-electron chi connectivity index (χ0n) is 30.0. The number of β-lactam (4-membered cyclic amide) rings is 1. The molecule has 1 aliphatic rings. The van der Waals surface area contributed by atoms with Gasteiger partial charge in [-0.1, -0.05) is 82.3 Å². The van der Waals surface area contributed by atoms with E-state index in [-0.39, 0.29) is 35.6 Å². The van der Waals surface area contributed by atoms with Crippen molar-refractivity contribution in [1.82, 2.24) is 4.90 Å². The van der Waals surface area contributed by atoms with Crippen molar-refractivity contribution in [2.75, 3.05) is 20.8 Å². The highest BCUT2D eigenvalue weighted by Crippen LogP contribution is 2.41. The second kappa shape index (κ2) is 16.1. The van der Waals surface area contributed by atoms with Crippen molar-refractivity contribution >= 4 is 20.4 Å². The number of likely N-dealkylation sites (tertiary alicyclic amines) is 1. The Balaban J connectivity index is 1.61. The van der Waals surface area contributed by atoms with Crippen LogP contribution < -0.4 is 9.47 Å². The molecule has 0 aromatic heterocycles. The summed E-state index contributed by atoms with van der Waals surface area (Å²) in [4.78, 5) is 29.1. The van der Waals surface area contributed by atoms with Crippen LogP contribution in [0.15, 0.2) is 78.9 Å². The summed E-state index contributed by atoms with van der Waals surface area (Å²) in [6.45, 7) is 15.7. The molecule has 1 saturated heterocycles. The van der Waals surface area contributed by atoms with E-state index in [4.69, 9.17) is 23.4 Å². The molecule has 9 heteroatoms. The van der Waals surface area contributed by atoms with Crippen molar-refractivity contribution in [2.24, 2.45) is 11.8 Å². The highest BCUT2D eigenvalue weighted by molar-refractivity contribution is 6.74. The van der Waals surface area contributed by atoms with E-state index >= 15 is 0 Å². The smallest absolute Gasteiger partial charge is 0.497 e. The number of rotatable bonds is 15. The maximum Gasteiger partial charge on any atom is 0.508 e. The maximum absolute atomic E-state index is 14.3. The van der Waals surface area contributed by atoms with Crippen molar-refractivity contribution in [2.45, 2.75) is 90.4 Å². The lowest BCUT2D eigenvalue weighted by molar-refractivity contribution is -0.176. The molecular formula is C39H53NO7Si. The van der Waals surface area contributed by atoms with Gasteiger partial charge in [-0.25, -0.2) is 4.79 Å². The van der Waals surface area contributed by atoms with Crippen LogP contribution in [-0.4, -0.2) is 64.3 Å². The quantitative estimate of drug-likeness (QED) is 0.0915. The molecule has 4 rings (SSSR count). The van der Waals surface area contributed by atoms with Crippen LogP contribution in [0.1, 0.15) is 51.3 Å². The number of carbonyl (C=O) groups is 2. The third-order valence-corrected chi connectivity index (χ3v) is 14.5. The van der Waals surface area contributed by atoms with E-state index < -0.39 is 26.5 Å². The third-order valence-electron chi connectivity index (χ3n) is 9.97. The van der Waals surface area contributed by atoms with Crippen LogP contribution in [0.2, 0.25) is 18.1 Å². The first kappa shape index (κ1) is 37.0. The number of carbonyl (C=O) groups excluding carboxylic acids is 2. The largest absolute Gasteiger partial charge is 0.508 e. The molecule has 8 nitrogen and oxygen atoms in total. The van der Waals surface area contributed by atoms with Gasteiger partial charge in [0.2, 0.25) is 5.91 Å². The molecule has 0 radical (unpaired) electrons. The van der Waals surface area contributed by atoms with Gasteiger partial charge in [-0.15, -0.1) is 0 Å². The molecule has 3 aromatic carbocycles. The lowest BCUT2D eigenvalue weighted by atomic mass is 9.74. The SMILES string of the molecule is COc1ccc(CC(Cc2ccc(OC)cc2)N2C(=O)[C@H]([C@@H](C)OC(=O)OCc3ccccc3)[C@@H]2C(C)CO[Si](C)(C)C(C)(C)C)cc1. The van der Waals surface area contributed by atoms with E-state index in [1.165, 1.54) is 0 Å². The molecule has 0 aliphatic carbocycles. The number of hydrogen-bond donors (Lipinski definition) is 0. The Morgan fingerprint density at radius 3 is 1.81 bits per heavy atom. The summed E-state index contributed by atoms with van der Waals surface area (Å²) in [7, 11) is 1.24. The van der Waals surface area contributed by atoms with Crippen LogP contribution in [0.3, 0.4) is 0 Å². The highest BCUT2D eigenvalue weighted by Gasteiger charge is 2.56. The second-order valence-electron chi connectivity index (χ2n) is 14.4. The molecule has 260 valence electrons. The Morgan fingerprint density at radius 1 is 0.812 bits per heavy atom. The van der Waals surface area contributed by atoms with Crippen LogP contribution in [0.25, 0.3) is 0 Å². The summed E-state index contributed by atoms with van der Waals surface area (Å²) in [5.74, 6) is 0.994. The Labute approximate surface area is 287 Å². The van der Waals surface area contributed by atoms with E-state index in [0.29, 0.717) is 19.4 Å². The van der Waals surface area contributed by atoms with Gasteiger partial charge in [0.25, 0.3) is 0 Å². The fourth-order valence-electron chi connectivity index (χ4n) is 6.05. The van der Waals surface area contributed by atoms with Crippen molar-refractivity contribution in [3.05, 3.63) is 95.6 Å². The van der Waals surface area contributed by atoms with Gasteiger partial charge < -0.3 is 28.3 Å². The second-order valence-corrected chi connectivity index (χ2v) is 19.2. The number of ether oxygens (including phenoxy) is 4. The maximum atomic E-state index is 14.3. The zero-order valence-corrected chi connectivity index (χ0v) is 31.0. The topological polar surface area (TPSA) is 83.5 Å². The monoisotopic (exact) mass is 675 g/mol. The van der Waals surface area contributed by atoms with Crippen LogP contribution in [0.4, 0.5) is 4.79 Å². The predicted octanol–water partition coefficient (Wildman–Crippen LogP) is 8.08. The molecule has 0 spiro atoms. The lowest BCUT2D eigenvalue weighted by Crippen LogP contribution is -2.70. The summed E-state index contributed by atoms with van der Waals surface area (Å²) in [5.41, 5.74) is 3.06. The van der Waals surface area contributed by atoms with E-state index in [9.17, 15) is 9.59 Å². The van der Waals surface area contributed by atoms with Crippen LogP contribution >= 0.6 is 0 Å². The van der Waals surface area contributed by atoms with E-state index in [1.807, 2.05) is 59.5 Å². The average molecular weight is 676 g/mol. The normalized spacial score (nSPS) is 17.8. The van der Waals surface area contributed by atoms with Crippen LogP contribution in [0, 0.1) is 11.8 Å². The molecule has 0 bridgehead atoms. The number of amides is 1. The first-order valence-electron chi connectivity index (χ1n) is 16.8. The Hall–Kier alpha value is -3.82. The summed E-state index contributed by atoms with van der Waals surface area (Å²) < 4.78 is 28.7. The Bertz CT molecular complexity index is 1420. The Morgan fingerprint density at radius 2 is 1.33 bits per heavy atom. The molecule has 1 aliphatic heterocycles.